The number of nitrogens with one attached hydrogen (secondary N) is 2. The first-order valence-electron chi connectivity index (χ1n) is 7.87. The van der Waals surface area contributed by atoms with E-state index in [0.717, 1.165) is 18.8 Å². The Hall–Kier alpha value is -1.39. The third kappa shape index (κ3) is 5.48. The lowest BCUT2D eigenvalue weighted by molar-refractivity contribution is -0.114. The van der Waals surface area contributed by atoms with Crippen LogP contribution in [-0.4, -0.2) is 25.2 Å². The van der Waals surface area contributed by atoms with Crippen LogP contribution in [0.4, 0.5) is 5.69 Å². The molecule has 1 aromatic rings. The van der Waals surface area contributed by atoms with Crippen molar-refractivity contribution in [2.75, 3.05) is 18.5 Å². The van der Waals surface area contributed by atoms with Gasteiger partial charge in [0.2, 0.25) is 5.91 Å². The molecule has 1 aliphatic rings. The predicted molar refractivity (Wildman–Crippen MR) is 85.4 cm³/mol. The monoisotopic (exact) mass is 290 g/mol. The number of anilines is 1. The topological polar surface area (TPSA) is 50.4 Å². The molecular formula is C17H26N2O2. The van der Waals surface area contributed by atoms with Crippen LogP contribution in [0.3, 0.4) is 0 Å². The number of hydrogen-bond donors (Lipinski definition) is 2. The van der Waals surface area contributed by atoms with Gasteiger partial charge in [0.15, 0.2) is 0 Å². The van der Waals surface area contributed by atoms with Crippen molar-refractivity contribution in [2.24, 2.45) is 0 Å². The lowest BCUT2D eigenvalue weighted by Gasteiger charge is -2.17. The summed E-state index contributed by atoms with van der Waals surface area (Å²) < 4.78 is 5.85. The van der Waals surface area contributed by atoms with E-state index in [2.05, 4.69) is 23.6 Å². The van der Waals surface area contributed by atoms with Gasteiger partial charge in [0.25, 0.3) is 0 Å². The van der Waals surface area contributed by atoms with E-state index in [1.54, 1.807) is 0 Å². The number of ether oxygens (including phenoxy) is 1. The number of rotatable bonds is 7. The molecule has 2 rings (SSSR count). The molecule has 0 saturated heterocycles. The zero-order valence-electron chi connectivity index (χ0n) is 13.0. The van der Waals surface area contributed by atoms with Gasteiger partial charge in [-0.2, -0.15) is 0 Å². The number of carbonyl (C=O) groups is 1. The van der Waals surface area contributed by atoms with E-state index in [1.807, 2.05) is 18.2 Å². The molecule has 21 heavy (non-hydrogen) atoms. The fraction of sp³-hybridized carbons (Fsp3) is 0.588. The van der Waals surface area contributed by atoms with Crippen molar-refractivity contribution >= 4 is 11.6 Å². The summed E-state index contributed by atoms with van der Waals surface area (Å²) in [6.07, 6.45) is 5.53. The highest BCUT2D eigenvalue weighted by Crippen LogP contribution is 2.21. The Morgan fingerprint density at radius 2 is 2.14 bits per heavy atom. The number of benzene rings is 1. The Bertz CT molecular complexity index is 456. The zero-order chi connectivity index (χ0) is 15.1. The van der Waals surface area contributed by atoms with Crippen LogP contribution >= 0.6 is 0 Å². The van der Waals surface area contributed by atoms with Gasteiger partial charge in [-0.15, -0.1) is 0 Å². The second kappa shape index (κ2) is 8.15. The number of carbonyl (C=O) groups excluding carboxylic acids is 1. The van der Waals surface area contributed by atoms with Crippen molar-refractivity contribution in [3.63, 3.8) is 0 Å². The predicted octanol–water partition coefficient (Wildman–Crippen LogP) is 3.25. The Morgan fingerprint density at radius 3 is 2.86 bits per heavy atom. The van der Waals surface area contributed by atoms with Crippen LogP contribution in [0.25, 0.3) is 0 Å². The van der Waals surface area contributed by atoms with Crippen molar-refractivity contribution in [3.8, 4) is 0 Å². The van der Waals surface area contributed by atoms with Crippen LogP contribution < -0.4 is 10.6 Å². The summed E-state index contributed by atoms with van der Waals surface area (Å²) in [5.74, 6) is -0.0438. The molecule has 0 heterocycles. The van der Waals surface area contributed by atoms with Gasteiger partial charge < -0.3 is 15.4 Å². The largest absolute Gasteiger partial charge is 0.377 e. The summed E-state index contributed by atoms with van der Waals surface area (Å²) in [7, 11) is 0. The maximum absolute atomic E-state index is 11.1. The Morgan fingerprint density at radius 1 is 1.38 bits per heavy atom. The average Bonchev–Trinajstić information content (AvgIpc) is 2.96. The van der Waals surface area contributed by atoms with E-state index < -0.39 is 0 Å². The highest BCUT2D eigenvalue weighted by Gasteiger charge is 2.14. The molecule has 1 amide bonds. The van der Waals surface area contributed by atoms with Gasteiger partial charge in [0.1, 0.15) is 0 Å². The highest BCUT2D eigenvalue weighted by atomic mass is 16.5. The van der Waals surface area contributed by atoms with E-state index in [-0.39, 0.29) is 11.9 Å². The molecule has 0 bridgehead atoms. The molecule has 0 aliphatic heterocycles. The van der Waals surface area contributed by atoms with Gasteiger partial charge in [-0.3, -0.25) is 4.79 Å². The maximum Gasteiger partial charge on any atom is 0.221 e. The third-order valence-corrected chi connectivity index (χ3v) is 3.92. The third-order valence-electron chi connectivity index (χ3n) is 3.92. The Labute approximate surface area is 127 Å². The smallest absolute Gasteiger partial charge is 0.221 e. The van der Waals surface area contributed by atoms with Gasteiger partial charge >= 0.3 is 0 Å². The van der Waals surface area contributed by atoms with Crippen molar-refractivity contribution in [1.82, 2.24) is 5.32 Å². The Balaban J connectivity index is 1.74. The summed E-state index contributed by atoms with van der Waals surface area (Å²) in [6.45, 7) is 5.26. The van der Waals surface area contributed by atoms with Gasteiger partial charge in [0.05, 0.1) is 12.7 Å². The summed E-state index contributed by atoms with van der Waals surface area (Å²) in [4.78, 5) is 11.1. The van der Waals surface area contributed by atoms with Crippen LogP contribution in [0.2, 0.25) is 0 Å². The molecular weight excluding hydrogens is 264 g/mol. The molecule has 116 valence electrons. The molecule has 2 N–H and O–H groups in total. The van der Waals surface area contributed by atoms with Gasteiger partial charge in [-0.1, -0.05) is 25.0 Å². The molecule has 1 aromatic carbocycles. The van der Waals surface area contributed by atoms with Gasteiger partial charge in [-0.05, 0) is 37.5 Å². The van der Waals surface area contributed by atoms with Crippen molar-refractivity contribution in [2.45, 2.75) is 51.7 Å². The lowest BCUT2D eigenvalue weighted by atomic mass is 10.1. The molecule has 1 fully saturated rings. The summed E-state index contributed by atoms with van der Waals surface area (Å²) in [5.41, 5.74) is 2.01. The summed E-state index contributed by atoms with van der Waals surface area (Å²) >= 11 is 0. The van der Waals surface area contributed by atoms with Gasteiger partial charge in [0, 0.05) is 25.2 Å². The van der Waals surface area contributed by atoms with Crippen molar-refractivity contribution < 1.29 is 9.53 Å². The molecule has 4 heteroatoms. The second-order valence-corrected chi connectivity index (χ2v) is 5.76. The van der Waals surface area contributed by atoms with Crippen molar-refractivity contribution in [3.05, 3.63) is 29.8 Å². The van der Waals surface area contributed by atoms with E-state index in [1.165, 1.54) is 38.2 Å². The molecule has 4 nitrogen and oxygen atoms in total. The van der Waals surface area contributed by atoms with Crippen LogP contribution in [0, 0.1) is 0 Å². The van der Waals surface area contributed by atoms with Gasteiger partial charge in [-0.25, -0.2) is 0 Å². The summed E-state index contributed by atoms with van der Waals surface area (Å²) in [6, 6.07) is 8.19. The molecule has 1 aliphatic carbocycles. The first kappa shape index (κ1) is 16.0. The zero-order valence-corrected chi connectivity index (χ0v) is 13.0. The summed E-state index contributed by atoms with van der Waals surface area (Å²) in [5, 5.41) is 6.28. The first-order chi connectivity index (χ1) is 10.1. The van der Waals surface area contributed by atoms with E-state index >= 15 is 0 Å². The Kier molecular flexibility index (Phi) is 6.21. The SMILES string of the molecule is CC(=O)Nc1cccc(C(C)NCCOC2CCCC2)c1. The maximum atomic E-state index is 11.1. The minimum atomic E-state index is -0.0438. The molecule has 0 spiro atoms. The second-order valence-electron chi connectivity index (χ2n) is 5.76. The quantitative estimate of drug-likeness (QED) is 0.758. The van der Waals surface area contributed by atoms with Crippen LogP contribution in [-0.2, 0) is 9.53 Å². The molecule has 0 aromatic heterocycles. The highest BCUT2D eigenvalue weighted by molar-refractivity contribution is 5.88. The van der Waals surface area contributed by atoms with Crippen LogP contribution in [0.5, 0.6) is 0 Å². The van der Waals surface area contributed by atoms with Crippen LogP contribution in [0.15, 0.2) is 24.3 Å². The van der Waals surface area contributed by atoms with E-state index in [9.17, 15) is 4.79 Å². The minimum Gasteiger partial charge on any atom is -0.377 e. The normalized spacial score (nSPS) is 16.9. The fourth-order valence-corrected chi connectivity index (χ4v) is 2.76. The fourth-order valence-electron chi connectivity index (χ4n) is 2.76. The molecule has 1 unspecified atom stereocenters. The standard InChI is InChI=1S/C17H26N2O2/c1-13(18-10-11-21-17-8-3-4-9-17)15-6-5-7-16(12-15)19-14(2)20/h5-7,12-13,17-18H,3-4,8-11H2,1-2H3,(H,19,20). The van der Waals surface area contributed by atoms with E-state index in [0.29, 0.717) is 6.10 Å². The molecule has 1 saturated carbocycles. The first-order valence-corrected chi connectivity index (χ1v) is 7.87. The molecule has 0 radical (unpaired) electrons. The van der Waals surface area contributed by atoms with Crippen molar-refractivity contribution in [1.29, 1.82) is 0 Å². The number of hydrogen-bond acceptors (Lipinski definition) is 3. The molecule has 1 atom stereocenters. The van der Waals surface area contributed by atoms with E-state index in [4.69, 9.17) is 4.74 Å². The average molecular weight is 290 g/mol. The lowest BCUT2D eigenvalue weighted by Crippen LogP contribution is -2.25. The number of amides is 1. The van der Waals surface area contributed by atoms with Crippen LogP contribution in [0.1, 0.15) is 51.1 Å². The minimum absolute atomic E-state index is 0.0438.